The van der Waals surface area contributed by atoms with Gasteiger partial charge in [0.15, 0.2) is 5.78 Å². The molecular formula is C16H31NO3. The van der Waals surface area contributed by atoms with Crippen molar-refractivity contribution in [3.8, 4) is 0 Å². The molecule has 0 aromatic carbocycles. The Labute approximate surface area is 123 Å². The fourth-order valence-electron chi connectivity index (χ4n) is 1.92. The van der Waals surface area contributed by atoms with Gasteiger partial charge in [0.2, 0.25) is 0 Å². The molecule has 0 saturated carbocycles. The van der Waals surface area contributed by atoms with Gasteiger partial charge in [-0.2, -0.15) is 0 Å². The molecule has 0 spiro atoms. The van der Waals surface area contributed by atoms with Crippen LogP contribution in [0.3, 0.4) is 0 Å². The monoisotopic (exact) mass is 285 g/mol. The minimum Gasteiger partial charge on any atom is -0.444 e. The minimum absolute atomic E-state index is 0.110. The van der Waals surface area contributed by atoms with Gasteiger partial charge in [-0.05, 0) is 33.1 Å². The van der Waals surface area contributed by atoms with Crippen molar-refractivity contribution < 1.29 is 14.3 Å². The number of amides is 1. The van der Waals surface area contributed by atoms with E-state index >= 15 is 0 Å². The highest BCUT2D eigenvalue weighted by Gasteiger charge is 2.27. The van der Waals surface area contributed by atoms with Crippen LogP contribution in [0.15, 0.2) is 0 Å². The van der Waals surface area contributed by atoms with E-state index in [9.17, 15) is 9.59 Å². The molecule has 0 unspecified atom stereocenters. The van der Waals surface area contributed by atoms with E-state index in [0.29, 0.717) is 6.42 Å². The van der Waals surface area contributed by atoms with Crippen molar-refractivity contribution in [3.63, 3.8) is 0 Å². The Morgan fingerprint density at radius 3 is 2.20 bits per heavy atom. The van der Waals surface area contributed by atoms with E-state index in [1.165, 1.54) is 0 Å². The third-order valence-electron chi connectivity index (χ3n) is 3.26. The number of nitrogens with one attached hydrogen (secondary N) is 1. The summed E-state index contributed by atoms with van der Waals surface area (Å²) in [7, 11) is 0. The van der Waals surface area contributed by atoms with Gasteiger partial charge in [-0.3, -0.25) is 4.79 Å². The first kappa shape index (κ1) is 18.9. The molecule has 0 aliphatic carbocycles. The quantitative estimate of drug-likeness (QED) is 0.684. The van der Waals surface area contributed by atoms with Gasteiger partial charge < -0.3 is 10.1 Å². The third-order valence-corrected chi connectivity index (χ3v) is 3.26. The smallest absolute Gasteiger partial charge is 0.408 e. The molecule has 0 aliphatic rings. The Hall–Kier alpha value is -1.06. The maximum Gasteiger partial charge on any atom is 0.408 e. The number of hydrogen-bond donors (Lipinski definition) is 1. The van der Waals surface area contributed by atoms with Crippen LogP contribution >= 0.6 is 0 Å². The first-order valence-corrected chi connectivity index (χ1v) is 7.73. The molecule has 0 aromatic heterocycles. The normalized spacial score (nSPS) is 14.5. The molecule has 0 rings (SSSR count). The first-order chi connectivity index (χ1) is 9.21. The van der Waals surface area contributed by atoms with Gasteiger partial charge in [0, 0.05) is 6.42 Å². The number of hydrogen-bond acceptors (Lipinski definition) is 3. The van der Waals surface area contributed by atoms with Gasteiger partial charge >= 0.3 is 6.09 Å². The molecule has 0 aromatic rings. The highest BCUT2D eigenvalue weighted by atomic mass is 16.6. The van der Waals surface area contributed by atoms with Crippen LogP contribution in [0.4, 0.5) is 4.79 Å². The number of carbonyl (C=O) groups is 2. The summed E-state index contributed by atoms with van der Waals surface area (Å²) in [5, 5.41) is 2.74. The average Bonchev–Trinajstić information content (AvgIpc) is 2.33. The minimum atomic E-state index is -0.546. The lowest BCUT2D eigenvalue weighted by Crippen LogP contribution is -2.46. The van der Waals surface area contributed by atoms with Crippen LogP contribution in [-0.2, 0) is 9.53 Å². The summed E-state index contributed by atoms with van der Waals surface area (Å²) in [6.45, 7) is 11.6. The Morgan fingerprint density at radius 2 is 1.75 bits per heavy atom. The number of carbonyl (C=O) groups excluding carboxylic acids is 2. The summed E-state index contributed by atoms with van der Waals surface area (Å²) in [4.78, 5) is 24.1. The highest BCUT2D eigenvalue weighted by Crippen LogP contribution is 2.14. The zero-order chi connectivity index (χ0) is 15.8. The zero-order valence-electron chi connectivity index (χ0n) is 13.9. The van der Waals surface area contributed by atoms with E-state index in [0.717, 1.165) is 25.7 Å². The van der Waals surface area contributed by atoms with E-state index in [4.69, 9.17) is 4.74 Å². The maximum absolute atomic E-state index is 12.2. The number of ether oxygens (including phenoxy) is 1. The Morgan fingerprint density at radius 1 is 1.15 bits per heavy atom. The van der Waals surface area contributed by atoms with Crippen molar-refractivity contribution in [3.05, 3.63) is 0 Å². The van der Waals surface area contributed by atoms with Crippen LogP contribution in [0.2, 0.25) is 0 Å². The molecule has 20 heavy (non-hydrogen) atoms. The largest absolute Gasteiger partial charge is 0.444 e. The Bertz CT molecular complexity index is 307. The predicted octanol–water partition coefficient (Wildman–Crippen LogP) is 4.08. The lowest BCUT2D eigenvalue weighted by molar-refractivity contribution is -0.122. The van der Waals surface area contributed by atoms with Crippen LogP contribution < -0.4 is 5.32 Å². The second-order valence-electron chi connectivity index (χ2n) is 6.43. The Balaban J connectivity index is 4.56. The molecule has 4 nitrogen and oxygen atoms in total. The molecule has 0 radical (unpaired) electrons. The van der Waals surface area contributed by atoms with E-state index in [2.05, 4.69) is 12.2 Å². The molecule has 1 N–H and O–H groups in total. The zero-order valence-corrected chi connectivity index (χ0v) is 13.9. The summed E-state index contributed by atoms with van der Waals surface area (Å²) in [6.07, 6.45) is 3.88. The number of alkyl carbamates (subject to hydrolysis) is 1. The molecule has 4 heteroatoms. The van der Waals surface area contributed by atoms with Gasteiger partial charge in [0.05, 0.1) is 6.04 Å². The fraction of sp³-hybridized carbons (Fsp3) is 0.875. The maximum atomic E-state index is 12.2. The van der Waals surface area contributed by atoms with Crippen molar-refractivity contribution in [2.75, 3.05) is 0 Å². The average molecular weight is 285 g/mol. The first-order valence-electron chi connectivity index (χ1n) is 7.73. The molecule has 118 valence electrons. The topological polar surface area (TPSA) is 55.4 Å². The number of Topliss-reactive ketones (excluding diaryl/α,β-unsaturated/α-hetero) is 1. The standard InChI is InChI=1S/C16H31NO3/c1-7-9-10-11-13(18)14(12(3)8-2)17-15(19)20-16(4,5)6/h12,14H,7-11H2,1-6H3,(H,17,19)/t12-,14-/m0/s1. The molecule has 2 atom stereocenters. The number of rotatable bonds is 8. The molecule has 0 fully saturated rings. The van der Waals surface area contributed by atoms with Crippen LogP contribution in [0.1, 0.15) is 73.6 Å². The second kappa shape index (κ2) is 8.98. The number of ketones is 1. The van der Waals surface area contributed by atoms with Gasteiger partial charge in [0.1, 0.15) is 5.60 Å². The molecule has 0 bridgehead atoms. The summed E-state index contributed by atoms with van der Waals surface area (Å²) >= 11 is 0. The van der Waals surface area contributed by atoms with Crippen molar-refractivity contribution in [1.82, 2.24) is 5.32 Å². The van der Waals surface area contributed by atoms with Crippen molar-refractivity contribution in [2.24, 2.45) is 5.92 Å². The lowest BCUT2D eigenvalue weighted by atomic mass is 9.93. The van der Waals surface area contributed by atoms with Gasteiger partial charge in [-0.25, -0.2) is 4.79 Å². The van der Waals surface area contributed by atoms with Crippen molar-refractivity contribution in [2.45, 2.75) is 85.3 Å². The van der Waals surface area contributed by atoms with Crippen LogP contribution in [0, 0.1) is 5.92 Å². The second-order valence-corrected chi connectivity index (χ2v) is 6.43. The van der Waals surface area contributed by atoms with E-state index in [1.807, 2.05) is 34.6 Å². The highest BCUT2D eigenvalue weighted by molar-refractivity contribution is 5.87. The van der Waals surface area contributed by atoms with Crippen LogP contribution in [0.25, 0.3) is 0 Å². The molecule has 0 aliphatic heterocycles. The van der Waals surface area contributed by atoms with E-state index < -0.39 is 17.7 Å². The summed E-state index contributed by atoms with van der Waals surface area (Å²) in [5.74, 6) is 0.232. The van der Waals surface area contributed by atoms with Crippen molar-refractivity contribution in [1.29, 1.82) is 0 Å². The summed E-state index contributed by atoms with van der Waals surface area (Å²) < 4.78 is 5.24. The van der Waals surface area contributed by atoms with Gasteiger partial charge in [-0.1, -0.05) is 40.0 Å². The van der Waals surface area contributed by atoms with Crippen LogP contribution in [-0.4, -0.2) is 23.5 Å². The molecular weight excluding hydrogens is 254 g/mol. The van der Waals surface area contributed by atoms with Gasteiger partial charge in [0.25, 0.3) is 0 Å². The van der Waals surface area contributed by atoms with Crippen LogP contribution in [0.5, 0.6) is 0 Å². The summed E-state index contributed by atoms with van der Waals surface area (Å²) in [6, 6.07) is -0.438. The summed E-state index contributed by atoms with van der Waals surface area (Å²) in [5.41, 5.74) is -0.546. The molecule has 0 heterocycles. The molecule has 1 amide bonds. The van der Waals surface area contributed by atoms with E-state index in [-0.39, 0.29) is 11.7 Å². The predicted molar refractivity (Wildman–Crippen MR) is 81.8 cm³/mol. The van der Waals surface area contributed by atoms with Crippen molar-refractivity contribution >= 4 is 11.9 Å². The number of unbranched alkanes of at least 4 members (excludes halogenated alkanes) is 2. The molecule has 0 saturated heterocycles. The third kappa shape index (κ3) is 8.18. The Kier molecular flexibility index (Phi) is 8.51. The SMILES string of the molecule is CCCCCC(=O)[C@@H](NC(=O)OC(C)(C)C)[C@@H](C)CC. The lowest BCUT2D eigenvalue weighted by Gasteiger charge is -2.26. The van der Waals surface area contributed by atoms with E-state index in [1.54, 1.807) is 0 Å². The van der Waals surface area contributed by atoms with Gasteiger partial charge in [-0.15, -0.1) is 0 Å². The fourth-order valence-corrected chi connectivity index (χ4v) is 1.92.